The van der Waals surface area contributed by atoms with Crippen molar-refractivity contribution in [3.63, 3.8) is 0 Å². The molecule has 25 heavy (non-hydrogen) atoms. The maximum atomic E-state index is 12.7. The predicted molar refractivity (Wildman–Crippen MR) is 101 cm³/mol. The van der Waals surface area contributed by atoms with E-state index in [-0.39, 0.29) is 5.97 Å². The zero-order chi connectivity index (χ0) is 17.7. The van der Waals surface area contributed by atoms with E-state index in [1.807, 2.05) is 60.9 Å². The first kappa shape index (κ1) is 17.5. The molecule has 0 spiro atoms. The average molecular weight is 355 g/mol. The second-order valence-corrected chi connectivity index (χ2v) is 6.96. The lowest BCUT2D eigenvalue weighted by Crippen LogP contribution is -2.37. The van der Waals surface area contributed by atoms with Gasteiger partial charge in [-0.2, -0.15) is 11.8 Å². The molecule has 5 heteroatoms. The number of ether oxygens (including phenoxy) is 2. The molecular weight excluding hydrogens is 334 g/mol. The third kappa shape index (κ3) is 3.87. The Bertz CT molecular complexity index is 758. The SMILES string of the molecule is COc1ccc(C[C@@]2(CCSC)N=C(c3ccccc3)OC2=O)cc1. The molecular formula is C20H21NO3S. The summed E-state index contributed by atoms with van der Waals surface area (Å²) in [5.41, 5.74) is 1.01. The van der Waals surface area contributed by atoms with Gasteiger partial charge in [-0.1, -0.05) is 30.3 Å². The second kappa shape index (κ2) is 7.74. The van der Waals surface area contributed by atoms with Crippen LogP contribution < -0.4 is 4.74 Å². The summed E-state index contributed by atoms with van der Waals surface area (Å²) in [6.45, 7) is 0. The summed E-state index contributed by atoms with van der Waals surface area (Å²) in [5, 5.41) is 0. The summed E-state index contributed by atoms with van der Waals surface area (Å²) < 4.78 is 10.8. The highest BCUT2D eigenvalue weighted by Gasteiger charge is 2.45. The third-order valence-electron chi connectivity index (χ3n) is 4.28. The summed E-state index contributed by atoms with van der Waals surface area (Å²) >= 11 is 1.71. The number of cyclic esters (lactones) is 1. The van der Waals surface area contributed by atoms with Gasteiger partial charge in [0.25, 0.3) is 0 Å². The number of thioether (sulfide) groups is 1. The molecule has 1 aliphatic rings. The third-order valence-corrected chi connectivity index (χ3v) is 4.89. The van der Waals surface area contributed by atoms with Crippen molar-refractivity contribution in [2.75, 3.05) is 19.1 Å². The summed E-state index contributed by atoms with van der Waals surface area (Å²) in [6, 6.07) is 17.3. The monoisotopic (exact) mass is 355 g/mol. The first-order chi connectivity index (χ1) is 12.2. The van der Waals surface area contributed by atoms with E-state index in [1.165, 1.54) is 0 Å². The molecule has 130 valence electrons. The average Bonchev–Trinajstić information content (AvgIpc) is 2.98. The minimum atomic E-state index is -0.858. The van der Waals surface area contributed by atoms with Gasteiger partial charge in [0.15, 0.2) is 5.54 Å². The van der Waals surface area contributed by atoms with Gasteiger partial charge in [-0.3, -0.25) is 0 Å². The van der Waals surface area contributed by atoms with Crippen molar-refractivity contribution in [2.24, 2.45) is 4.99 Å². The lowest BCUT2D eigenvalue weighted by molar-refractivity contribution is -0.139. The van der Waals surface area contributed by atoms with Gasteiger partial charge in [0, 0.05) is 12.0 Å². The molecule has 0 N–H and O–H groups in total. The highest BCUT2D eigenvalue weighted by Crippen LogP contribution is 2.32. The van der Waals surface area contributed by atoms with Crippen LogP contribution in [-0.2, 0) is 16.0 Å². The van der Waals surface area contributed by atoms with E-state index in [4.69, 9.17) is 14.5 Å². The Morgan fingerprint density at radius 2 is 1.84 bits per heavy atom. The number of hydrogen-bond donors (Lipinski definition) is 0. The molecule has 0 radical (unpaired) electrons. The number of hydrogen-bond acceptors (Lipinski definition) is 5. The van der Waals surface area contributed by atoms with E-state index in [1.54, 1.807) is 18.9 Å². The van der Waals surface area contributed by atoms with Crippen LogP contribution >= 0.6 is 11.8 Å². The van der Waals surface area contributed by atoms with Crippen LogP contribution in [0.4, 0.5) is 0 Å². The standard InChI is InChI=1S/C20H21NO3S/c1-23-17-10-8-15(9-11-17)14-20(12-13-25-2)19(22)24-18(21-20)16-6-4-3-5-7-16/h3-11H,12-14H2,1-2H3/t20-/m1/s1. The molecule has 4 nitrogen and oxygen atoms in total. The van der Waals surface area contributed by atoms with E-state index in [9.17, 15) is 4.79 Å². The van der Waals surface area contributed by atoms with Crippen LogP contribution in [0.25, 0.3) is 0 Å². The zero-order valence-corrected chi connectivity index (χ0v) is 15.2. The highest BCUT2D eigenvalue weighted by molar-refractivity contribution is 7.98. The smallest absolute Gasteiger partial charge is 0.341 e. The fraction of sp³-hybridized carbons (Fsp3) is 0.300. The van der Waals surface area contributed by atoms with Crippen molar-refractivity contribution < 1.29 is 14.3 Å². The molecule has 2 aromatic rings. The van der Waals surface area contributed by atoms with E-state index < -0.39 is 5.54 Å². The number of methoxy groups -OCH3 is 1. The van der Waals surface area contributed by atoms with Crippen molar-refractivity contribution in [2.45, 2.75) is 18.4 Å². The normalized spacial score (nSPS) is 19.4. The number of benzene rings is 2. The quantitative estimate of drug-likeness (QED) is 0.710. The molecule has 0 saturated heterocycles. The molecule has 0 saturated carbocycles. The minimum absolute atomic E-state index is 0.267. The summed E-state index contributed by atoms with van der Waals surface area (Å²) in [7, 11) is 1.64. The second-order valence-electron chi connectivity index (χ2n) is 5.97. The Kier molecular flexibility index (Phi) is 5.43. The fourth-order valence-corrected chi connectivity index (χ4v) is 3.40. The lowest BCUT2D eigenvalue weighted by Gasteiger charge is -2.21. The molecule has 0 aliphatic carbocycles. The molecule has 3 rings (SSSR count). The van der Waals surface area contributed by atoms with Crippen LogP contribution in [0.5, 0.6) is 5.75 Å². The van der Waals surface area contributed by atoms with Crippen LogP contribution in [0.3, 0.4) is 0 Å². The molecule has 0 bridgehead atoms. The Hall–Kier alpha value is -2.27. The highest BCUT2D eigenvalue weighted by atomic mass is 32.2. The minimum Gasteiger partial charge on any atom is -0.497 e. The van der Waals surface area contributed by atoms with Gasteiger partial charge in [0.2, 0.25) is 5.90 Å². The van der Waals surface area contributed by atoms with Gasteiger partial charge >= 0.3 is 5.97 Å². The summed E-state index contributed by atoms with van der Waals surface area (Å²) in [6.07, 6.45) is 3.20. The van der Waals surface area contributed by atoms with Gasteiger partial charge < -0.3 is 9.47 Å². The van der Waals surface area contributed by atoms with E-state index >= 15 is 0 Å². The number of nitrogens with zero attached hydrogens (tertiary/aromatic N) is 1. The molecule has 1 aliphatic heterocycles. The van der Waals surface area contributed by atoms with E-state index in [0.29, 0.717) is 18.7 Å². The van der Waals surface area contributed by atoms with Gasteiger partial charge in [0.1, 0.15) is 5.75 Å². The number of carbonyl (C=O) groups excluding carboxylic acids is 1. The number of rotatable bonds is 7. The molecule has 0 amide bonds. The van der Waals surface area contributed by atoms with Crippen LogP contribution in [0.15, 0.2) is 59.6 Å². The number of esters is 1. The Balaban J connectivity index is 1.91. The van der Waals surface area contributed by atoms with Crippen LogP contribution in [0.2, 0.25) is 0 Å². The number of carbonyl (C=O) groups is 1. The van der Waals surface area contributed by atoms with Gasteiger partial charge in [0.05, 0.1) is 7.11 Å². The fourth-order valence-electron chi connectivity index (χ4n) is 2.86. The van der Waals surface area contributed by atoms with E-state index in [2.05, 4.69) is 0 Å². The molecule has 1 atom stereocenters. The maximum absolute atomic E-state index is 12.7. The van der Waals surface area contributed by atoms with Crippen molar-refractivity contribution in [1.29, 1.82) is 0 Å². The van der Waals surface area contributed by atoms with E-state index in [0.717, 1.165) is 22.6 Å². The Morgan fingerprint density at radius 3 is 2.48 bits per heavy atom. The largest absolute Gasteiger partial charge is 0.497 e. The van der Waals surface area contributed by atoms with Crippen molar-refractivity contribution >= 4 is 23.6 Å². The Morgan fingerprint density at radius 1 is 1.12 bits per heavy atom. The first-order valence-corrected chi connectivity index (χ1v) is 9.56. The van der Waals surface area contributed by atoms with Gasteiger partial charge in [-0.25, -0.2) is 9.79 Å². The molecule has 0 fully saturated rings. The summed E-state index contributed by atoms with van der Waals surface area (Å²) in [4.78, 5) is 17.5. The van der Waals surface area contributed by atoms with Crippen LogP contribution in [-0.4, -0.2) is 36.5 Å². The lowest BCUT2D eigenvalue weighted by atomic mass is 9.89. The topological polar surface area (TPSA) is 47.9 Å². The number of aliphatic imine (C=N–C) groups is 1. The van der Waals surface area contributed by atoms with Crippen molar-refractivity contribution in [3.05, 3.63) is 65.7 Å². The molecule has 2 aromatic carbocycles. The zero-order valence-electron chi connectivity index (χ0n) is 14.4. The molecule has 1 heterocycles. The summed E-state index contributed by atoms with van der Waals surface area (Å²) in [5.74, 6) is 1.79. The van der Waals surface area contributed by atoms with Crippen LogP contribution in [0, 0.1) is 0 Å². The molecule has 0 aromatic heterocycles. The first-order valence-electron chi connectivity index (χ1n) is 8.16. The van der Waals surface area contributed by atoms with Crippen LogP contribution in [0.1, 0.15) is 17.5 Å². The van der Waals surface area contributed by atoms with Crippen molar-refractivity contribution in [1.82, 2.24) is 0 Å². The van der Waals surface area contributed by atoms with Crippen molar-refractivity contribution in [3.8, 4) is 5.75 Å². The molecule has 0 unspecified atom stereocenters. The predicted octanol–water partition coefficient (Wildman–Crippen LogP) is 3.73. The Labute approximate surface area is 152 Å². The van der Waals surface area contributed by atoms with Gasteiger partial charge in [-0.05, 0) is 48.3 Å². The van der Waals surface area contributed by atoms with Gasteiger partial charge in [-0.15, -0.1) is 0 Å². The maximum Gasteiger partial charge on any atom is 0.341 e.